The molecule has 1 N–H and O–H groups in total. The average molecular weight is 292 g/mol. The fraction of sp³-hybridized carbons (Fsp3) is 0.688. The van der Waals surface area contributed by atoms with Gasteiger partial charge in [-0.3, -0.25) is 14.8 Å². The van der Waals surface area contributed by atoms with Gasteiger partial charge >= 0.3 is 0 Å². The van der Waals surface area contributed by atoms with Crippen LogP contribution in [0.1, 0.15) is 16.8 Å². The Hall–Kier alpha value is -1.17. The molecule has 1 aliphatic rings. The highest BCUT2D eigenvalue weighted by Crippen LogP contribution is 2.24. The molecule has 2 rings (SSSR count). The van der Waals surface area contributed by atoms with Crippen molar-refractivity contribution in [3.63, 3.8) is 0 Å². The summed E-state index contributed by atoms with van der Waals surface area (Å²) in [5.74, 6) is 0.968. The average Bonchev–Trinajstić information content (AvgIpc) is 2.50. The maximum atomic E-state index is 5.48. The van der Waals surface area contributed by atoms with E-state index in [0.717, 1.165) is 68.4 Å². The van der Waals surface area contributed by atoms with Crippen molar-refractivity contribution in [2.24, 2.45) is 0 Å². The lowest BCUT2D eigenvalue weighted by Gasteiger charge is -2.29. The molecule has 0 unspecified atom stereocenters. The maximum absolute atomic E-state index is 5.48. The van der Waals surface area contributed by atoms with Gasteiger partial charge in [0.05, 0.1) is 12.8 Å². The van der Waals surface area contributed by atoms with Gasteiger partial charge in [-0.25, -0.2) is 0 Å². The molecule has 0 spiro atoms. The minimum absolute atomic E-state index is 0.870. The summed E-state index contributed by atoms with van der Waals surface area (Å²) in [5.41, 5.74) is 3.37. The summed E-state index contributed by atoms with van der Waals surface area (Å²) in [6.07, 6.45) is 1.91. The summed E-state index contributed by atoms with van der Waals surface area (Å²) in [5, 5.41) is 3.39. The summed E-state index contributed by atoms with van der Waals surface area (Å²) < 4.78 is 5.48. The Balaban J connectivity index is 1.88. The highest BCUT2D eigenvalue weighted by molar-refractivity contribution is 5.40. The van der Waals surface area contributed by atoms with Crippen LogP contribution in [0.2, 0.25) is 0 Å². The summed E-state index contributed by atoms with van der Waals surface area (Å²) in [6.45, 7) is 11.7. The highest BCUT2D eigenvalue weighted by Gasteiger charge is 2.13. The molecule has 0 atom stereocenters. The van der Waals surface area contributed by atoms with Gasteiger partial charge in [-0.1, -0.05) is 0 Å². The van der Waals surface area contributed by atoms with Gasteiger partial charge in [0, 0.05) is 63.1 Å². The van der Waals surface area contributed by atoms with E-state index in [-0.39, 0.29) is 0 Å². The van der Waals surface area contributed by atoms with Crippen LogP contribution in [0.3, 0.4) is 0 Å². The second kappa shape index (κ2) is 7.73. The quantitative estimate of drug-likeness (QED) is 0.848. The lowest BCUT2D eigenvalue weighted by molar-refractivity contribution is 0.201. The predicted octanol–water partition coefficient (Wildman–Crippen LogP) is 1.04. The van der Waals surface area contributed by atoms with Crippen LogP contribution in [0.5, 0.6) is 5.75 Å². The summed E-state index contributed by atoms with van der Waals surface area (Å²) in [4.78, 5) is 9.43. The van der Waals surface area contributed by atoms with Gasteiger partial charge in [-0.05, 0) is 20.9 Å². The second-order valence-electron chi connectivity index (χ2n) is 5.88. The molecule has 0 aromatic carbocycles. The van der Waals surface area contributed by atoms with Crippen molar-refractivity contribution in [1.29, 1.82) is 0 Å². The molecular weight excluding hydrogens is 264 g/mol. The van der Waals surface area contributed by atoms with Crippen molar-refractivity contribution in [1.82, 2.24) is 20.1 Å². The standard InChI is InChI=1S/C16H28N4O/c1-13-11-18-15(14(2)16(13)21-4)12-19(3)9-10-20-7-5-17-6-8-20/h11,17H,5-10,12H2,1-4H3. The van der Waals surface area contributed by atoms with Gasteiger partial charge in [0.15, 0.2) is 0 Å². The van der Waals surface area contributed by atoms with E-state index in [4.69, 9.17) is 4.74 Å². The number of methoxy groups -OCH3 is 1. The first kappa shape index (κ1) is 16.2. The number of nitrogens with one attached hydrogen (secondary N) is 1. The number of aromatic nitrogens is 1. The van der Waals surface area contributed by atoms with Gasteiger partial charge in [0.2, 0.25) is 0 Å². The SMILES string of the molecule is COc1c(C)cnc(CN(C)CCN2CCNCC2)c1C. The van der Waals surface area contributed by atoms with Crippen LogP contribution in [0, 0.1) is 13.8 Å². The molecular formula is C16H28N4O. The molecule has 0 bridgehead atoms. The predicted molar refractivity (Wildman–Crippen MR) is 85.9 cm³/mol. The van der Waals surface area contributed by atoms with Crippen molar-refractivity contribution >= 4 is 0 Å². The number of pyridine rings is 1. The molecule has 0 aliphatic carbocycles. The topological polar surface area (TPSA) is 40.6 Å². The van der Waals surface area contributed by atoms with Gasteiger partial charge in [0.1, 0.15) is 5.75 Å². The number of likely N-dealkylation sites (N-methyl/N-ethyl adjacent to an activating group) is 1. The second-order valence-corrected chi connectivity index (χ2v) is 5.88. The number of piperazine rings is 1. The number of hydrogen-bond acceptors (Lipinski definition) is 5. The summed E-state index contributed by atoms with van der Waals surface area (Å²) >= 11 is 0. The molecule has 21 heavy (non-hydrogen) atoms. The van der Waals surface area contributed by atoms with Crippen molar-refractivity contribution in [2.45, 2.75) is 20.4 Å². The minimum Gasteiger partial charge on any atom is -0.496 e. The molecule has 2 heterocycles. The van der Waals surface area contributed by atoms with Gasteiger partial charge in [-0.15, -0.1) is 0 Å². The van der Waals surface area contributed by atoms with Crippen LogP contribution in [0.4, 0.5) is 0 Å². The normalized spacial score (nSPS) is 16.4. The number of ether oxygens (including phenoxy) is 1. The van der Waals surface area contributed by atoms with Crippen molar-refractivity contribution in [3.8, 4) is 5.75 Å². The number of aryl methyl sites for hydroxylation is 1. The Labute approximate surface area is 128 Å². The van der Waals surface area contributed by atoms with Crippen LogP contribution in [-0.4, -0.2) is 68.2 Å². The molecule has 118 valence electrons. The van der Waals surface area contributed by atoms with E-state index in [1.807, 2.05) is 13.1 Å². The van der Waals surface area contributed by atoms with Crippen molar-refractivity contribution in [3.05, 3.63) is 23.0 Å². The minimum atomic E-state index is 0.870. The van der Waals surface area contributed by atoms with E-state index in [9.17, 15) is 0 Å². The molecule has 0 amide bonds. The molecule has 1 saturated heterocycles. The Morgan fingerprint density at radius 3 is 2.71 bits per heavy atom. The summed E-state index contributed by atoms with van der Waals surface area (Å²) in [6, 6.07) is 0. The monoisotopic (exact) mass is 292 g/mol. The Kier molecular flexibility index (Phi) is 5.96. The number of nitrogens with zero attached hydrogens (tertiary/aromatic N) is 3. The molecule has 1 aliphatic heterocycles. The summed E-state index contributed by atoms with van der Waals surface area (Å²) in [7, 11) is 3.89. The fourth-order valence-corrected chi connectivity index (χ4v) is 2.81. The van der Waals surface area contributed by atoms with Crippen LogP contribution in [0.25, 0.3) is 0 Å². The third kappa shape index (κ3) is 4.40. The zero-order chi connectivity index (χ0) is 15.2. The molecule has 0 radical (unpaired) electrons. The molecule has 5 nitrogen and oxygen atoms in total. The van der Waals surface area contributed by atoms with Gasteiger partial charge < -0.3 is 10.1 Å². The Morgan fingerprint density at radius 2 is 2.05 bits per heavy atom. The lowest BCUT2D eigenvalue weighted by atomic mass is 10.1. The van der Waals surface area contributed by atoms with E-state index in [0.29, 0.717) is 0 Å². The zero-order valence-corrected chi connectivity index (χ0v) is 13.8. The third-order valence-corrected chi connectivity index (χ3v) is 4.18. The number of hydrogen-bond donors (Lipinski definition) is 1. The molecule has 1 fully saturated rings. The molecule has 1 aromatic heterocycles. The zero-order valence-electron chi connectivity index (χ0n) is 13.8. The van der Waals surface area contributed by atoms with Crippen LogP contribution in [-0.2, 0) is 6.54 Å². The van der Waals surface area contributed by atoms with E-state index < -0.39 is 0 Å². The van der Waals surface area contributed by atoms with Gasteiger partial charge in [-0.2, -0.15) is 0 Å². The fourth-order valence-electron chi connectivity index (χ4n) is 2.81. The van der Waals surface area contributed by atoms with Crippen molar-refractivity contribution < 1.29 is 4.74 Å². The smallest absolute Gasteiger partial charge is 0.128 e. The first-order valence-electron chi connectivity index (χ1n) is 7.72. The molecule has 0 saturated carbocycles. The van der Waals surface area contributed by atoms with E-state index >= 15 is 0 Å². The number of rotatable bonds is 6. The van der Waals surface area contributed by atoms with E-state index in [2.05, 4.69) is 34.1 Å². The first-order valence-corrected chi connectivity index (χ1v) is 7.72. The van der Waals surface area contributed by atoms with Gasteiger partial charge in [0.25, 0.3) is 0 Å². The van der Waals surface area contributed by atoms with Crippen molar-refractivity contribution in [2.75, 3.05) is 53.4 Å². The third-order valence-electron chi connectivity index (χ3n) is 4.18. The molecule has 5 heteroatoms. The van der Waals surface area contributed by atoms with Crippen LogP contribution >= 0.6 is 0 Å². The highest BCUT2D eigenvalue weighted by atomic mass is 16.5. The Bertz CT molecular complexity index is 458. The first-order chi connectivity index (χ1) is 10.1. The largest absolute Gasteiger partial charge is 0.496 e. The van der Waals surface area contributed by atoms with E-state index in [1.54, 1.807) is 7.11 Å². The molecule has 1 aromatic rings. The maximum Gasteiger partial charge on any atom is 0.128 e. The van der Waals surface area contributed by atoms with Crippen LogP contribution < -0.4 is 10.1 Å². The Morgan fingerprint density at radius 1 is 1.33 bits per heavy atom. The lowest BCUT2D eigenvalue weighted by Crippen LogP contribution is -2.45. The van der Waals surface area contributed by atoms with E-state index in [1.165, 1.54) is 0 Å². The van der Waals surface area contributed by atoms with Crippen LogP contribution in [0.15, 0.2) is 6.20 Å².